The molecule has 0 saturated heterocycles. The zero-order chi connectivity index (χ0) is 11.0. The molecular formula is C12H14N2O. The van der Waals surface area contributed by atoms with Gasteiger partial charge in [-0.25, -0.2) is 4.98 Å². The number of hydrogen-bond donors (Lipinski definition) is 1. The molecule has 1 aromatic carbocycles. The summed E-state index contributed by atoms with van der Waals surface area (Å²) >= 11 is 0. The Morgan fingerprint density at radius 3 is 2.73 bits per heavy atom. The number of aromatic amines is 1. The SMILES string of the molecule is Cc1cccc2nc(C(C)C)c(=O)[nH]c12. The zero-order valence-electron chi connectivity index (χ0n) is 9.16. The molecule has 15 heavy (non-hydrogen) atoms. The van der Waals surface area contributed by atoms with Crippen molar-refractivity contribution < 1.29 is 0 Å². The number of hydrogen-bond acceptors (Lipinski definition) is 2. The summed E-state index contributed by atoms with van der Waals surface area (Å²) in [5, 5.41) is 0. The van der Waals surface area contributed by atoms with Gasteiger partial charge >= 0.3 is 0 Å². The zero-order valence-corrected chi connectivity index (χ0v) is 9.16. The second-order valence-corrected chi connectivity index (χ2v) is 4.07. The molecule has 0 aliphatic carbocycles. The molecule has 78 valence electrons. The minimum atomic E-state index is -0.0770. The maximum Gasteiger partial charge on any atom is 0.270 e. The van der Waals surface area contributed by atoms with Crippen LogP contribution in [0.3, 0.4) is 0 Å². The fourth-order valence-electron chi connectivity index (χ4n) is 1.66. The summed E-state index contributed by atoms with van der Waals surface area (Å²) in [5.74, 6) is 0.152. The summed E-state index contributed by atoms with van der Waals surface area (Å²) in [6, 6.07) is 5.84. The normalized spacial score (nSPS) is 11.2. The summed E-state index contributed by atoms with van der Waals surface area (Å²) in [7, 11) is 0. The molecule has 3 heteroatoms. The number of nitrogens with one attached hydrogen (secondary N) is 1. The molecule has 1 aromatic heterocycles. The first kappa shape index (κ1) is 9.90. The fourth-order valence-corrected chi connectivity index (χ4v) is 1.66. The lowest BCUT2D eigenvalue weighted by Crippen LogP contribution is -2.16. The van der Waals surface area contributed by atoms with Gasteiger partial charge in [0.1, 0.15) is 5.69 Å². The first-order chi connectivity index (χ1) is 7.09. The number of H-pyrrole nitrogens is 1. The molecule has 0 aliphatic rings. The molecule has 1 N–H and O–H groups in total. The summed E-state index contributed by atoms with van der Waals surface area (Å²) in [5.41, 5.74) is 3.28. The summed E-state index contributed by atoms with van der Waals surface area (Å²) in [4.78, 5) is 19.0. The highest BCUT2D eigenvalue weighted by Gasteiger charge is 2.08. The highest BCUT2D eigenvalue weighted by Crippen LogP contribution is 2.14. The topological polar surface area (TPSA) is 45.8 Å². The predicted molar refractivity (Wildman–Crippen MR) is 61.2 cm³/mol. The van der Waals surface area contributed by atoms with Gasteiger partial charge in [0.05, 0.1) is 11.0 Å². The van der Waals surface area contributed by atoms with Crippen LogP contribution in [0.1, 0.15) is 31.0 Å². The van der Waals surface area contributed by atoms with E-state index >= 15 is 0 Å². The Hall–Kier alpha value is -1.64. The Kier molecular flexibility index (Phi) is 2.31. The van der Waals surface area contributed by atoms with Gasteiger partial charge in [-0.1, -0.05) is 26.0 Å². The van der Waals surface area contributed by atoms with Crippen LogP contribution in [-0.4, -0.2) is 9.97 Å². The smallest absolute Gasteiger partial charge is 0.270 e. The first-order valence-electron chi connectivity index (χ1n) is 5.09. The second-order valence-electron chi connectivity index (χ2n) is 4.07. The molecular weight excluding hydrogens is 188 g/mol. The molecule has 0 amide bonds. The largest absolute Gasteiger partial charge is 0.319 e. The molecule has 2 aromatic rings. The van der Waals surface area contributed by atoms with Crippen molar-refractivity contribution in [3.05, 3.63) is 39.8 Å². The van der Waals surface area contributed by atoms with Gasteiger partial charge in [-0.3, -0.25) is 4.79 Å². The number of fused-ring (bicyclic) bond motifs is 1. The standard InChI is InChI=1S/C12H14N2O/c1-7(2)10-12(15)14-11-8(3)5-4-6-9(11)13-10/h4-7H,1-3H3,(H,14,15). The lowest BCUT2D eigenvalue weighted by atomic mass is 10.1. The Balaban J connectivity index is 2.82. The number of aromatic nitrogens is 2. The number of aryl methyl sites for hydroxylation is 1. The molecule has 0 atom stereocenters. The fraction of sp³-hybridized carbons (Fsp3) is 0.333. The van der Waals surface area contributed by atoms with Crippen LogP contribution in [-0.2, 0) is 0 Å². The van der Waals surface area contributed by atoms with E-state index < -0.39 is 0 Å². The van der Waals surface area contributed by atoms with Crippen LogP contribution in [0.2, 0.25) is 0 Å². The van der Waals surface area contributed by atoms with Crippen molar-refractivity contribution >= 4 is 11.0 Å². The van der Waals surface area contributed by atoms with E-state index in [9.17, 15) is 4.79 Å². The van der Waals surface area contributed by atoms with Gasteiger partial charge in [0, 0.05) is 5.92 Å². The third-order valence-electron chi connectivity index (χ3n) is 2.51. The number of rotatable bonds is 1. The monoisotopic (exact) mass is 202 g/mol. The van der Waals surface area contributed by atoms with E-state index in [2.05, 4.69) is 9.97 Å². The molecule has 2 rings (SSSR count). The average Bonchev–Trinajstić information content (AvgIpc) is 2.18. The molecule has 3 nitrogen and oxygen atoms in total. The van der Waals surface area contributed by atoms with Crippen molar-refractivity contribution in [3.8, 4) is 0 Å². The Morgan fingerprint density at radius 2 is 2.07 bits per heavy atom. The van der Waals surface area contributed by atoms with Crippen molar-refractivity contribution in [1.82, 2.24) is 9.97 Å². The van der Waals surface area contributed by atoms with Crippen molar-refractivity contribution in [3.63, 3.8) is 0 Å². The molecule has 0 fully saturated rings. The van der Waals surface area contributed by atoms with Gasteiger partial charge in [0.15, 0.2) is 0 Å². The highest BCUT2D eigenvalue weighted by atomic mass is 16.1. The van der Waals surface area contributed by atoms with Gasteiger partial charge in [0.2, 0.25) is 0 Å². The Labute approximate surface area is 88.2 Å². The number of para-hydroxylation sites is 1. The van der Waals surface area contributed by atoms with E-state index in [1.807, 2.05) is 39.0 Å². The van der Waals surface area contributed by atoms with Crippen LogP contribution < -0.4 is 5.56 Å². The van der Waals surface area contributed by atoms with E-state index in [0.29, 0.717) is 5.69 Å². The van der Waals surface area contributed by atoms with Crippen LogP contribution in [0.15, 0.2) is 23.0 Å². The van der Waals surface area contributed by atoms with Crippen LogP contribution in [0.4, 0.5) is 0 Å². The maximum absolute atomic E-state index is 11.7. The second kappa shape index (κ2) is 3.50. The van der Waals surface area contributed by atoms with Crippen LogP contribution in [0, 0.1) is 6.92 Å². The minimum absolute atomic E-state index is 0.0770. The molecule has 0 spiro atoms. The third-order valence-corrected chi connectivity index (χ3v) is 2.51. The van der Waals surface area contributed by atoms with Crippen LogP contribution in [0.25, 0.3) is 11.0 Å². The molecule has 1 heterocycles. The quantitative estimate of drug-likeness (QED) is 0.771. The van der Waals surface area contributed by atoms with Gasteiger partial charge < -0.3 is 4.98 Å². The minimum Gasteiger partial charge on any atom is -0.319 e. The molecule has 0 aliphatic heterocycles. The third kappa shape index (κ3) is 1.65. The summed E-state index contributed by atoms with van der Waals surface area (Å²) in [6.45, 7) is 5.91. The summed E-state index contributed by atoms with van der Waals surface area (Å²) < 4.78 is 0. The van der Waals surface area contributed by atoms with Crippen molar-refractivity contribution in [2.45, 2.75) is 26.7 Å². The van der Waals surface area contributed by atoms with E-state index in [0.717, 1.165) is 16.6 Å². The van der Waals surface area contributed by atoms with Crippen molar-refractivity contribution in [2.24, 2.45) is 0 Å². The summed E-state index contributed by atoms with van der Waals surface area (Å²) in [6.07, 6.45) is 0. The van der Waals surface area contributed by atoms with Crippen molar-refractivity contribution in [2.75, 3.05) is 0 Å². The van der Waals surface area contributed by atoms with E-state index in [1.165, 1.54) is 0 Å². The maximum atomic E-state index is 11.7. The molecule has 0 radical (unpaired) electrons. The number of benzene rings is 1. The highest BCUT2D eigenvalue weighted by molar-refractivity contribution is 5.77. The first-order valence-corrected chi connectivity index (χ1v) is 5.09. The van der Waals surface area contributed by atoms with Crippen LogP contribution in [0.5, 0.6) is 0 Å². The molecule has 0 saturated carbocycles. The lowest BCUT2D eigenvalue weighted by Gasteiger charge is -2.06. The van der Waals surface area contributed by atoms with E-state index in [-0.39, 0.29) is 11.5 Å². The number of nitrogens with zero attached hydrogens (tertiary/aromatic N) is 1. The van der Waals surface area contributed by atoms with Crippen LogP contribution >= 0.6 is 0 Å². The van der Waals surface area contributed by atoms with Gasteiger partial charge in [-0.05, 0) is 18.6 Å². The van der Waals surface area contributed by atoms with Crippen molar-refractivity contribution in [1.29, 1.82) is 0 Å². The molecule has 0 unspecified atom stereocenters. The Bertz CT molecular complexity index is 555. The Morgan fingerprint density at radius 1 is 1.33 bits per heavy atom. The predicted octanol–water partition coefficient (Wildman–Crippen LogP) is 2.35. The van der Waals surface area contributed by atoms with Gasteiger partial charge in [-0.2, -0.15) is 0 Å². The molecule has 0 bridgehead atoms. The lowest BCUT2D eigenvalue weighted by molar-refractivity contribution is 0.807. The van der Waals surface area contributed by atoms with E-state index in [1.54, 1.807) is 0 Å². The van der Waals surface area contributed by atoms with Gasteiger partial charge in [-0.15, -0.1) is 0 Å². The van der Waals surface area contributed by atoms with Gasteiger partial charge in [0.25, 0.3) is 5.56 Å². The van der Waals surface area contributed by atoms with E-state index in [4.69, 9.17) is 0 Å². The average molecular weight is 202 g/mol.